The van der Waals surface area contributed by atoms with Crippen molar-refractivity contribution in [2.75, 3.05) is 19.0 Å². The van der Waals surface area contributed by atoms with E-state index < -0.39 is 0 Å². The average Bonchev–Trinajstić information content (AvgIpc) is 2.76. The summed E-state index contributed by atoms with van der Waals surface area (Å²) in [5.41, 5.74) is 2.40. The lowest BCUT2D eigenvalue weighted by Crippen LogP contribution is -2.17. The van der Waals surface area contributed by atoms with Gasteiger partial charge in [-0.3, -0.25) is 0 Å². The standard InChI is InChI=1S/C17H26N4/c1-11-6-8-14(9-7-11)21-10-12(2)15-16(20(4)5)18-13(3)19-17(15)21/h10-11,14H,6-9H2,1-5H3. The van der Waals surface area contributed by atoms with Crippen LogP contribution >= 0.6 is 0 Å². The predicted molar refractivity (Wildman–Crippen MR) is 88.0 cm³/mol. The Morgan fingerprint density at radius 2 is 1.76 bits per heavy atom. The van der Waals surface area contributed by atoms with Gasteiger partial charge in [0.25, 0.3) is 0 Å². The Kier molecular flexibility index (Phi) is 3.64. The molecule has 0 atom stereocenters. The Bertz CT molecular complexity index is 648. The summed E-state index contributed by atoms with van der Waals surface area (Å²) in [5, 5.41) is 1.21. The van der Waals surface area contributed by atoms with Crippen LogP contribution in [0, 0.1) is 19.8 Å². The van der Waals surface area contributed by atoms with Crippen LogP contribution in [0.5, 0.6) is 0 Å². The first kappa shape index (κ1) is 14.4. The number of hydrogen-bond acceptors (Lipinski definition) is 3. The highest BCUT2D eigenvalue weighted by Gasteiger charge is 2.23. The molecule has 1 aliphatic rings. The van der Waals surface area contributed by atoms with Crippen molar-refractivity contribution >= 4 is 16.9 Å². The number of aryl methyl sites for hydroxylation is 2. The SMILES string of the molecule is Cc1nc(N(C)C)c2c(C)cn(C3CCC(C)CC3)c2n1. The van der Waals surface area contributed by atoms with Crippen molar-refractivity contribution in [2.24, 2.45) is 5.92 Å². The van der Waals surface area contributed by atoms with E-state index >= 15 is 0 Å². The van der Waals surface area contributed by atoms with Gasteiger partial charge >= 0.3 is 0 Å². The topological polar surface area (TPSA) is 34.0 Å². The molecule has 2 aromatic heterocycles. The molecule has 0 unspecified atom stereocenters. The van der Waals surface area contributed by atoms with Crippen LogP contribution in [0.1, 0.15) is 50.0 Å². The van der Waals surface area contributed by atoms with Gasteiger partial charge in [-0.1, -0.05) is 6.92 Å². The molecule has 1 saturated carbocycles. The van der Waals surface area contributed by atoms with Gasteiger partial charge in [0.15, 0.2) is 0 Å². The van der Waals surface area contributed by atoms with Crippen LogP contribution in [-0.2, 0) is 0 Å². The van der Waals surface area contributed by atoms with Crippen LogP contribution in [0.3, 0.4) is 0 Å². The van der Waals surface area contributed by atoms with Gasteiger partial charge in [0.1, 0.15) is 17.3 Å². The van der Waals surface area contributed by atoms with Crippen LogP contribution in [0.15, 0.2) is 6.20 Å². The van der Waals surface area contributed by atoms with E-state index in [0.29, 0.717) is 6.04 Å². The Morgan fingerprint density at radius 1 is 1.10 bits per heavy atom. The molecule has 4 nitrogen and oxygen atoms in total. The van der Waals surface area contributed by atoms with Crippen molar-refractivity contribution in [1.29, 1.82) is 0 Å². The van der Waals surface area contributed by atoms with Gasteiger partial charge in [-0.25, -0.2) is 9.97 Å². The molecule has 2 heterocycles. The second-order valence-corrected chi connectivity index (χ2v) is 6.82. The van der Waals surface area contributed by atoms with E-state index in [-0.39, 0.29) is 0 Å². The second-order valence-electron chi connectivity index (χ2n) is 6.82. The fourth-order valence-electron chi connectivity index (χ4n) is 3.54. The van der Waals surface area contributed by atoms with Gasteiger partial charge < -0.3 is 9.47 Å². The summed E-state index contributed by atoms with van der Waals surface area (Å²) >= 11 is 0. The number of rotatable bonds is 2. The Hall–Kier alpha value is -1.58. The maximum absolute atomic E-state index is 4.76. The Morgan fingerprint density at radius 3 is 2.38 bits per heavy atom. The minimum atomic E-state index is 0.599. The van der Waals surface area contributed by atoms with Crippen LogP contribution in [0.4, 0.5) is 5.82 Å². The van der Waals surface area contributed by atoms with E-state index in [4.69, 9.17) is 4.98 Å². The maximum atomic E-state index is 4.76. The smallest absolute Gasteiger partial charge is 0.146 e. The molecule has 0 amide bonds. The lowest BCUT2D eigenvalue weighted by atomic mass is 9.87. The van der Waals surface area contributed by atoms with E-state index in [0.717, 1.165) is 23.2 Å². The zero-order valence-corrected chi connectivity index (χ0v) is 13.8. The fourth-order valence-corrected chi connectivity index (χ4v) is 3.54. The Labute approximate surface area is 127 Å². The van der Waals surface area contributed by atoms with Crippen LogP contribution in [0.2, 0.25) is 0 Å². The summed E-state index contributed by atoms with van der Waals surface area (Å²) in [6.07, 6.45) is 7.48. The third-order valence-electron chi connectivity index (χ3n) is 4.76. The fraction of sp³-hybridized carbons (Fsp3) is 0.647. The third kappa shape index (κ3) is 2.52. The van der Waals surface area contributed by atoms with Gasteiger partial charge in [0, 0.05) is 26.3 Å². The number of fused-ring (bicyclic) bond motifs is 1. The first-order valence-corrected chi connectivity index (χ1v) is 8.00. The summed E-state index contributed by atoms with van der Waals surface area (Å²) in [4.78, 5) is 11.5. The summed E-state index contributed by atoms with van der Waals surface area (Å²) in [6.45, 7) is 6.53. The molecule has 3 rings (SSSR count). The normalized spacial score (nSPS) is 22.7. The molecular formula is C17H26N4. The van der Waals surface area contributed by atoms with Gasteiger partial charge in [-0.15, -0.1) is 0 Å². The van der Waals surface area contributed by atoms with Crippen molar-refractivity contribution in [2.45, 2.75) is 52.5 Å². The van der Waals surface area contributed by atoms with Gasteiger partial charge in [-0.2, -0.15) is 0 Å². The van der Waals surface area contributed by atoms with E-state index in [9.17, 15) is 0 Å². The minimum absolute atomic E-state index is 0.599. The summed E-state index contributed by atoms with van der Waals surface area (Å²) < 4.78 is 2.41. The van der Waals surface area contributed by atoms with Crippen molar-refractivity contribution < 1.29 is 0 Å². The number of hydrogen-bond donors (Lipinski definition) is 0. The number of aromatic nitrogens is 3. The number of nitrogens with zero attached hydrogens (tertiary/aromatic N) is 4. The molecule has 21 heavy (non-hydrogen) atoms. The van der Waals surface area contributed by atoms with Crippen molar-refractivity contribution in [1.82, 2.24) is 14.5 Å². The van der Waals surface area contributed by atoms with Crippen LogP contribution < -0.4 is 4.90 Å². The molecule has 0 N–H and O–H groups in total. The monoisotopic (exact) mass is 286 g/mol. The molecule has 1 aliphatic carbocycles. The highest BCUT2D eigenvalue weighted by atomic mass is 15.2. The lowest BCUT2D eigenvalue weighted by Gasteiger charge is -2.27. The molecule has 0 bridgehead atoms. The van der Waals surface area contributed by atoms with E-state index in [2.05, 4.69) is 48.6 Å². The first-order chi connectivity index (χ1) is 9.97. The van der Waals surface area contributed by atoms with E-state index in [1.54, 1.807) is 0 Å². The largest absolute Gasteiger partial charge is 0.362 e. The molecule has 1 fully saturated rings. The minimum Gasteiger partial charge on any atom is -0.362 e. The molecule has 4 heteroatoms. The van der Waals surface area contributed by atoms with E-state index in [1.807, 2.05) is 6.92 Å². The summed E-state index contributed by atoms with van der Waals surface area (Å²) in [6, 6.07) is 0.599. The van der Waals surface area contributed by atoms with Gasteiger partial charge in [0.2, 0.25) is 0 Å². The van der Waals surface area contributed by atoms with Crippen LogP contribution in [-0.4, -0.2) is 28.6 Å². The zero-order chi connectivity index (χ0) is 15.1. The first-order valence-electron chi connectivity index (χ1n) is 8.00. The molecule has 0 aromatic carbocycles. The molecular weight excluding hydrogens is 260 g/mol. The highest BCUT2D eigenvalue weighted by molar-refractivity contribution is 5.91. The quantitative estimate of drug-likeness (QED) is 0.840. The molecule has 0 radical (unpaired) electrons. The second kappa shape index (κ2) is 5.32. The lowest BCUT2D eigenvalue weighted by molar-refractivity contribution is 0.293. The zero-order valence-electron chi connectivity index (χ0n) is 13.8. The molecule has 0 aliphatic heterocycles. The molecule has 114 valence electrons. The average molecular weight is 286 g/mol. The summed E-state index contributed by atoms with van der Waals surface area (Å²) in [7, 11) is 4.11. The molecule has 0 spiro atoms. The molecule has 2 aromatic rings. The van der Waals surface area contributed by atoms with E-state index in [1.165, 1.54) is 36.6 Å². The van der Waals surface area contributed by atoms with Crippen molar-refractivity contribution in [3.05, 3.63) is 17.6 Å². The van der Waals surface area contributed by atoms with Gasteiger partial charge in [-0.05, 0) is 51.0 Å². The highest BCUT2D eigenvalue weighted by Crippen LogP contribution is 2.36. The van der Waals surface area contributed by atoms with Crippen molar-refractivity contribution in [3.8, 4) is 0 Å². The van der Waals surface area contributed by atoms with Gasteiger partial charge in [0.05, 0.1) is 5.39 Å². The Balaban J connectivity index is 2.12. The van der Waals surface area contributed by atoms with Crippen LogP contribution in [0.25, 0.3) is 11.0 Å². The summed E-state index contributed by atoms with van der Waals surface area (Å²) in [5.74, 6) is 2.77. The number of anilines is 1. The van der Waals surface area contributed by atoms with Crippen molar-refractivity contribution in [3.63, 3.8) is 0 Å². The third-order valence-corrected chi connectivity index (χ3v) is 4.76. The molecule has 0 saturated heterocycles. The predicted octanol–water partition coefficient (Wildman–Crippen LogP) is 3.87. The maximum Gasteiger partial charge on any atom is 0.146 e.